The van der Waals surface area contributed by atoms with Gasteiger partial charge in [-0.05, 0) is 25.0 Å². The van der Waals surface area contributed by atoms with E-state index in [1.54, 1.807) is 0 Å². The molecule has 1 fully saturated rings. The van der Waals surface area contributed by atoms with Crippen LogP contribution in [-0.2, 0) is 4.79 Å². The van der Waals surface area contributed by atoms with Gasteiger partial charge in [0.25, 0.3) is 0 Å². The molecule has 1 heterocycles. The lowest BCUT2D eigenvalue weighted by molar-refractivity contribution is -0.141. The first-order valence-corrected chi connectivity index (χ1v) is 5.63. The van der Waals surface area contributed by atoms with Crippen LogP contribution in [0, 0.1) is 12.8 Å². The van der Waals surface area contributed by atoms with E-state index in [-0.39, 0.29) is 12.0 Å². The lowest BCUT2D eigenvalue weighted by Crippen LogP contribution is -2.17. The molecule has 0 saturated carbocycles. The Hall–Kier alpha value is -1.68. The molecule has 90 valence electrons. The molecular formula is C13H15NO3. The second kappa shape index (κ2) is 4.67. The van der Waals surface area contributed by atoms with E-state index in [0.29, 0.717) is 18.5 Å². The van der Waals surface area contributed by atoms with Crippen molar-refractivity contribution in [1.82, 2.24) is 5.32 Å². The summed E-state index contributed by atoms with van der Waals surface area (Å²) in [5, 5.41) is 12.1. The lowest BCUT2D eigenvalue weighted by Gasteiger charge is -2.13. The van der Waals surface area contributed by atoms with Crippen molar-refractivity contribution >= 4 is 12.3 Å². The largest absolute Gasteiger partial charge is 0.481 e. The SMILES string of the molecule is Cc1ccc(C2CC(C(=O)O)CN2)c(C=O)c1. The number of benzene rings is 1. The predicted molar refractivity (Wildman–Crippen MR) is 63.1 cm³/mol. The monoisotopic (exact) mass is 233 g/mol. The third kappa shape index (κ3) is 2.36. The molecule has 0 aromatic heterocycles. The summed E-state index contributed by atoms with van der Waals surface area (Å²) in [6.45, 7) is 2.39. The van der Waals surface area contributed by atoms with E-state index >= 15 is 0 Å². The van der Waals surface area contributed by atoms with Crippen LogP contribution in [0.15, 0.2) is 18.2 Å². The maximum Gasteiger partial charge on any atom is 0.307 e. The molecule has 1 aliphatic heterocycles. The number of carboxylic acids is 1. The number of hydrogen-bond acceptors (Lipinski definition) is 3. The van der Waals surface area contributed by atoms with Gasteiger partial charge in [0.2, 0.25) is 0 Å². The molecule has 2 unspecified atom stereocenters. The molecule has 0 radical (unpaired) electrons. The first-order valence-electron chi connectivity index (χ1n) is 5.63. The number of nitrogens with one attached hydrogen (secondary N) is 1. The van der Waals surface area contributed by atoms with Crippen molar-refractivity contribution in [2.24, 2.45) is 5.92 Å². The molecule has 4 nitrogen and oxygen atoms in total. The molecule has 1 saturated heterocycles. The zero-order valence-electron chi connectivity index (χ0n) is 9.64. The van der Waals surface area contributed by atoms with Crippen LogP contribution < -0.4 is 5.32 Å². The summed E-state index contributed by atoms with van der Waals surface area (Å²) in [6, 6.07) is 5.65. The van der Waals surface area contributed by atoms with Crippen molar-refractivity contribution < 1.29 is 14.7 Å². The Kier molecular flexibility index (Phi) is 3.24. The van der Waals surface area contributed by atoms with Gasteiger partial charge >= 0.3 is 5.97 Å². The average Bonchev–Trinajstić information content (AvgIpc) is 2.78. The van der Waals surface area contributed by atoms with Crippen molar-refractivity contribution in [3.63, 3.8) is 0 Å². The number of aliphatic carboxylic acids is 1. The minimum Gasteiger partial charge on any atom is -0.481 e. The molecule has 0 aliphatic carbocycles. The zero-order valence-corrected chi connectivity index (χ0v) is 9.64. The second-order valence-electron chi connectivity index (χ2n) is 4.48. The summed E-state index contributed by atoms with van der Waals surface area (Å²) in [7, 11) is 0. The first-order chi connectivity index (χ1) is 8.11. The third-order valence-electron chi connectivity index (χ3n) is 3.22. The molecule has 1 aromatic rings. The maximum absolute atomic E-state index is 11.0. The zero-order chi connectivity index (χ0) is 12.4. The van der Waals surface area contributed by atoms with Gasteiger partial charge in [-0.1, -0.05) is 17.7 Å². The van der Waals surface area contributed by atoms with Crippen LogP contribution in [0.5, 0.6) is 0 Å². The smallest absolute Gasteiger partial charge is 0.307 e. The van der Waals surface area contributed by atoms with E-state index in [0.717, 1.165) is 17.4 Å². The summed E-state index contributed by atoms with van der Waals surface area (Å²) in [5.74, 6) is -1.14. The van der Waals surface area contributed by atoms with E-state index in [9.17, 15) is 9.59 Å². The van der Waals surface area contributed by atoms with Gasteiger partial charge in [-0.15, -0.1) is 0 Å². The summed E-state index contributed by atoms with van der Waals surface area (Å²) in [4.78, 5) is 21.9. The molecule has 1 aliphatic rings. The van der Waals surface area contributed by atoms with E-state index in [1.165, 1.54) is 0 Å². The van der Waals surface area contributed by atoms with Crippen molar-refractivity contribution in [1.29, 1.82) is 0 Å². The van der Waals surface area contributed by atoms with Gasteiger partial charge in [0, 0.05) is 18.2 Å². The Bertz CT molecular complexity index is 456. The maximum atomic E-state index is 11.0. The summed E-state index contributed by atoms with van der Waals surface area (Å²) >= 11 is 0. The van der Waals surface area contributed by atoms with Gasteiger partial charge in [0.05, 0.1) is 5.92 Å². The highest BCUT2D eigenvalue weighted by Gasteiger charge is 2.31. The summed E-state index contributed by atoms with van der Waals surface area (Å²) in [5.41, 5.74) is 2.58. The Labute approximate surface area is 99.6 Å². The molecule has 2 atom stereocenters. The highest BCUT2D eigenvalue weighted by atomic mass is 16.4. The minimum absolute atomic E-state index is 0.0306. The minimum atomic E-state index is -0.778. The molecule has 0 amide bonds. The standard InChI is InChI=1S/C13H15NO3/c1-8-2-3-11(10(4-8)7-15)12-5-9(6-14-12)13(16)17/h2-4,7,9,12,14H,5-6H2,1H3,(H,16,17). The Morgan fingerprint density at radius 1 is 1.53 bits per heavy atom. The van der Waals surface area contributed by atoms with Crippen LogP contribution in [0.4, 0.5) is 0 Å². The Balaban J connectivity index is 2.24. The van der Waals surface area contributed by atoms with Crippen LogP contribution in [0.25, 0.3) is 0 Å². The number of aldehydes is 1. The fourth-order valence-corrected chi connectivity index (χ4v) is 2.27. The fourth-order valence-electron chi connectivity index (χ4n) is 2.27. The molecule has 2 N–H and O–H groups in total. The third-order valence-corrected chi connectivity index (χ3v) is 3.22. The van der Waals surface area contributed by atoms with Crippen LogP contribution in [0.1, 0.15) is 33.9 Å². The van der Waals surface area contributed by atoms with E-state index in [4.69, 9.17) is 5.11 Å². The predicted octanol–water partition coefficient (Wildman–Crippen LogP) is 1.54. The number of carbonyl (C=O) groups is 2. The van der Waals surface area contributed by atoms with E-state index < -0.39 is 5.97 Å². The number of hydrogen-bond donors (Lipinski definition) is 2. The van der Waals surface area contributed by atoms with Crippen molar-refractivity contribution in [3.8, 4) is 0 Å². The molecule has 0 bridgehead atoms. The summed E-state index contributed by atoms with van der Waals surface area (Å²) < 4.78 is 0. The molecule has 1 aromatic carbocycles. The van der Waals surface area contributed by atoms with Gasteiger partial charge in [-0.2, -0.15) is 0 Å². The van der Waals surface area contributed by atoms with Crippen LogP contribution in [0.2, 0.25) is 0 Å². The van der Waals surface area contributed by atoms with Crippen molar-refractivity contribution in [2.75, 3.05) is 6.54 Å². The van der Waals surface area contributed by atoms with Crippen molar-refractivity contribution in [2.45, 2.75) is 19.4 Å². The fraction of sp³-hybridized carbons (Fsp3) is 0.385. The molecule has 17 heavy (non-hydrogen) atoms. The highest BCUT2D eigenvalue weighted by molar-refractivity contribution is 5.78. The Morgan fingerprint density at radius 3 is 2.88 bits per heavy atom. The normalized spacial score (nSPS) is 23.6. The van der Waals surface area contributed by atoms with Crippen LogP contribution in [-0.4, -0.2) is 23.9 Å². The quantitative estimate of drug-likeness (QED) is 0.777. The Morgan fingerprint density at radius 2 is 2.29 bits per heavy atom. The second-order valence-corrected chi connectivity index (χ2v) is 4.48. The first kappa shape index (κ1) is 11.8. The van der Waals surface area contributed by atoms with Gasteiger partial charge in [-0.3, -0.25) is 9.59 Å². The van der Waals surface area contributed by atoms with Crippen molar-refractivity contribution in [3.05, 3.63) is 34.9 Å². The van der Waals surface area contributed by atoms with Crippen LogP contribution in [0.3, 0.4) is 0 Å². The van der Waals surface area contributed by atoms with Gasteiger partial charge in [0.1, 0.15) is 6.29 Å². The van der Waals surface area contributed by atoms with Gasteiger partial charge < -0.3 is 10.4 Å². The number of carbonyl (C=O) groups excluding carboxylic acids is 1. The molecule has 4 heteroatoms. The number of aryl methyl sites for hydroxylation is 1. The lowest BCUT2D eigenvalue weighted by atomic mass is 9.95. The summed E-state index contributed by atoms with van der Waals surface area (Å²) in [6.07, 6.45) is 1.37. The van der Waals surface area contributed by atoms with Gasteiger partial charge in [0.15, 0.2) is 0 Å². The molecular weight excluding hydrogens is 218 g/mol. The van der Waals surface area contributed by atoms with E-state index in [2.05, 4.69) is 5.32 Å². The van der Waals surface area contributed by atoms with Gasteiger partial charge in [-0.25, -0.2) is 0 Å². The highest BCUT2D eigenvalue weighted by Crippen LogP contribution is 2.29. The average molecular weight is 233 g/mol. The number of rotatable bonds is 3. The molecule has 2 rings (SSSR count). The topological polar surface area (TPSA) is 66.4 Å². The number of carboxylic acid groups (broad SMARTS) is 1. The molecule has 0 spiro atoms. The van der Waals surface area contributed by atoms with E-state index in [1.807, 2.05) is 25.1 Å². The van der Waals surface area contributed by atoms with Crippen LogP contribution >= 0.6 is 0 Å².